The van der Waals surface area contributed by atoms with E-state index in [9.17, 15) is 14.7 Å². The van der Waals surface area contributed by atoms with Crippen LogP contribution in [-0.4, -0.2) is 28.6 Å². The number of aliphatic carboxylic acids is 1. The lowest BCUT2D eigenvalue weighted by Gasteiger charge is -2.36. The van der Waals surface area contributed by atoms with Gasteiger partial charge in [-0.25, -0.2) is 4.79 Å². The van der Waals surface area contributed by atoms with Crippen molar-refractivity contribution in [3.8, 4) is 0 Å². The standard InChI is InChI=1S/C15H24N2O3/c16-12-10-5-4-9(8-10)11(12)13(18)17-15(14(19)20)6-2-1-3-7-15/h9-12H,1-8,16H2,(H,17,18)(H,19,20). The van der Waals surface area contributed by atoms with Gasteiger partial charge >= 0.3 is 5.97 Å². The van der Waals surface area contributed by atoms with Crippen LogP contribution in [0, 0.1) is 17.8 Å². The Hall–Kier alpha value is -1.10. The summed E-state index contributed by atoms with van der Waals surface area (Å²) in [4.78, 5) is 24.2. The van der Waals surface area contributed by atoms with Crippen LogP contribution in [0.1, 0.15) is 51.4 Å². The van der Waals surface area contributed by atoms with Crippen molar-refractivity contribution in [2.24, 2.45) is 23.5 Å². The molecule has 4 atom stereocenters. The van der Waals surface area contributed by atoms with Gasteiger partial charge in [0.15, 0.2) is 0 Å². The summed E-state index contributed by atoms with van der Waals surface area (Å²) in [6.45, 7) is 0. The molecule has 0 aromatic carbocycles. The van der Waals surface area contributed by atoms with Crippen LogP contribution in [0.2, 0.25) is 0 Å². The van der Waals surface area contributed by atoms with E-state index in [1.807, 2.05) is 0 Å². The molecule has 3 fully saturated rings. The van der Waals surface area contributed by atoms with Crippen LogP contribution >= 0.6 is 0 Å². The van der Waals surface area contributed by atoms with E-state index in [4.69, 9.17) is 5.73 Å². The zero-order chi connectivity index (χ0) is 14.3. The van der Waals surface area contributed by atoms with Crippen molar-refractivity contribution in [3.05, 3.63) is 0 Å². The summed E-state index contributed by atoms with van der Waals surface area (Å²) in [5.74, 6) is -0.351. The predicted octanol–water partition coefficient (Wildman–Crippen LogP) is 1.26. The number of hydrogen-bond donors (Lipinski definition) is 3. The van der Waals surface area contributed by atoms with E-state index in [1.54, 1.807) is 0 Å². The lowest BCUT2D eigenvalue weighted by Crippen LogP contribution is -2.59. The Kier molecular flexibility index (Phi) is 3.48. The zero-order valence-electron chi connectivity index (χ0n) is 11.8. The summed E-state index contributed by atoms with van der Waals surface area (Å²) in [5, 5.41) is 12.4. The van der Waals surface area contributed by atoms with Crippen molar-refractivity contribution in [1.82, 2.24) is 5.32 Å². The molecular formula is C15H24N2O3. The molecule has 4 unspecified atom stereocenters. The van der Waals surface area contributed by atoms with Gasteiger partial charge in [-0.15, -0.1) is 0 Å². The Morgan fingerprint density at radius 3 is 2.30 bits per heavy atom. The number of carbonyl (C=O) groups is 2. The molecule has 3 rings (SSSR count). The van der Waals surface area contributed by atoms with Crippen LogP contribution < -0.4 is 11.1 Å². The second-order valence-corrected chi connectivity index (χ2v) is 6.87. The highest BCUT2D eigenvalue weighted by atomic mass is 16.4. The third kappa shape index (κ3) is 2.12. The maximum absolute atomic E-state index is 12.6. The molecule has 112 valence electrons. The molecule has 0 aromatic heterocycles. The van der Waals surface area contributed by atoms with Crippen molar-refractivity contribution < 1.29 is 14.7 Å². The molecule has 2 bridgehead atoms. The molecule has 0 spiro atoms. The van der Waals surface area contributed by atoms with Crippen molar-refractivity contribution in [2.45, 2.75) is 62.9 Å². The van der Waals surface area contributed by atoms with Crippen LogP contribution in [-0.2, 0) is 9.59 Å². The van der Waals surface area contributed by atoms with Crippen LogP contribution in [0.4, 0.5) is 0 Å². The Morgan fingerprint density at radius 2 is 1.75 bits per heavy atom. The number of amides is 1. The van der Waals surface area contributed by atoms with E-state index in [-0.39, 0.29) is 17.9 Å². The van der Waals surface area contributed by atoms with Crippen molar-refractivity contribution in [3.63, 3.8) is 0 Å². The molecule has 3 saturated carbocycles. The first-order valence-electron chi connectivity index (χ1n) is 7.84. The lowest BCUT2D eigenvalue weighted by atomic mass is 9.79. The van der Waals surface area contributed by atoms with Gasteiger partial charge in [-0.2, -0.15) is 0 Å². The Balaban J connectivity index is 1.72. The summed E-state index contributed by atoms with van der Waals surface area (Å²) in [5.41, 5.74) is 5.14. The van der Waals surface area contributed by atoms with E-state index in [1.165, 1.54) is 0 Å². The first-order valence-corrected chi connectivity index (χ1v) is 7.84. The fraction of sp³-hybridized carbons (Fsp3) is 0.867. The third-order valence-electron chi connectivity index (χ3n) is 5.76. The van der Waals surface area contributed by atoms with Crippen LogP contribution in [0.25, 0.3) is 0 Å². The van der Waals surface area contributed by atoms with Gasteiger partial charge in [-0.05, 0) is 43.9 Å². The fourth-order valence-corrected chi connectivity index (χ4v) is 4.59. The number of rotatable bonds is 3. The number of fused-ring (bicyclic) bond motifs is 2. The fourth-order valence-electron chi connectivity index (χ4n) is 4.59. The normalized spacial score (nSPS) is 38.6. The smallest absolute Gasteiger partial charge is 0.329 e. The Bertz CT molecular complexity index is 415. The first-order chi connectivity index (χ1) is 9.53. The molecule has 20 heavy (non-hydrogen) atoms. The minimum Gasteiger partial charge on any atom is -0.480 e. The Morgan fingerprint density at radius 1 is 1.10 bits per heavy atom. The van der Waals surface area contributed by atoms with Crippen molar-refractivity contribution >= 4 is 11.9 Å². The maximum atomic E-state index is 12.6. The molecule has 0 radical (unpaired) electrons. The molecule has 4 N–H and O–H groups in total. The second-order valence-electron chi connectivity index (χ2n) is 6.87. The van der Waals surface area contributed by atoms with E-state index >= 15 is 0 Å². The van der Waals surface area contributed by atoms with Crippen LogP contribution in [0.15, 0.2) is 0 Å². The summed E-state index contributed by atoms with van der Waals surface area (Å²) < 4.78 is 0. The third-order valence-corrected chi connectivity index (χ3v) is 5.76. The average molecular weight is 280 g/mol. The van der Waals surface area contributed by atoms with Crippen molar-refractivity contribution in [1.29, 1.82) is 0 Å². The van der Waals surface area contributed by atoms with E-state index in [0.717, 1.165) is 38.5 Å². The SMILES string of the molecule is NC1C2CCC(C2)C1C(=O)NC1(C(=O)O)CCCCC1. The van der Waals surface area contributed by atoms with E-state index < -0.39 is 11.5 Å². The molecular weight excluding hydrogens is 256 g/mol. The van der Waals surface area contributed by atoms with Crippen LogP contribution in [0.3, 0.4) is 0 Å². The summed E-state index contributed by atoms with van der Waals surface area (Å²) in [6.07, 6.45) is 7.12. The van der Waals surface area contributed by atoms with Gasteiger partial charge in [0, 0.05) is 6.04 Å². The molecule has 1 amide bonds. The molecule has 0 aromatic rings. The number of nitrogens with two attached hydrogens (primary N) is 1. The van der Waals surface area contributed by atoms with Gasteiger partial charge in [-0.3, -0.25) is 4.79 Å². The van der Waals surface area contributed by atoms with Gasteiger partial charge in [0.2, 0.25) is 5.91 Å². The van der Waals surface area contributed by atoms with Gasteiger partial charge in [-0.1, -0.05) is 19.3 Å². The largest absolute Gasteiger partial charge is 0.480 e. The first kappa shape index (κ1) is 13.9. The van der Waals surface area contributed by atoms with Crippen LogP contribution in [0.5, 0.6) is 0 Å². The van der Waals surface area contributed by atoms with Gasteiger partial charge < -0.3 is 16.2 Å². The quantitative estimate of drug-likeness (QED) is 0.725. The zero-order valence-corrected chi connectivity index (χ0v) is 11.8. The predicted molar refractivity (Wildman–Crippen MR) is 73.9 cm³/mol. The number of nitrogens with one attached hydrogen (secondary N) is 1. The number of carbonyl (C=O) groups excluding carboxylic acids is 1. The summed E-state index contributed by atoms with van der Waals surface area (Å²) in [6, 6.07) is -0.0804. The maximum Gasteiger partial charge on any atom is 0.329 e. The second kappa shape index (κ2) is 5.02. The molecule has 0 saturated heterocycles. The molecule has 3 aliphatic carbocycles. The molecule has 0 aliphatic heterocycles. The summed E-state index contributed by atoms with van der Waals surface area (Å²) >= 11 is 0. The topological polar surface area (TPSA) is 92.4 Å². The highest BCUT2D eigenvalue weighted by Gasteiger charge is 2.51. The summed E-state index contributed by atoms with van der Waals surface area (Å²) in [7, 11) is 0. The van der Waals surface area contributed by atoms with Gasteiger partial charge in [0.05, 0.1) is 5.92 Å². The molecule has 5 nitrogen and oxygen atoms in total. The van der Waals surface area contributed by atoms with Gasteiger partial charge in [0.1, 0.15) is 5.54 Å². The molecule has 3 aliphatic rings. The lowest BCUT2D eigenvalue weighted by molar-refractivity contribution is -0.150. The monoisotopic (exact) mass is 280 g/mol. The highest BCUT2D eigenvalue weighted by molar-refractivity contribution is 5.89. The van der Waals surface area contributed by atoms with E-state index in [2.05, 4.69) is 5.32 Å². The number of hydrogen-bond acceptors (Lipinski definition) is 3. The highest BCUT2D eigenvalue weighted by Crippen LogP contribution is 2.48. The van der Waals surface area contributed by atoms with Crippen molar-refractivity contribution in [2.75, 3.05) is 0 Å². The average Bonchev–Trinajstić information content (AvgIpc) is 3.00. The minimum atomic E-state index is -1.04. The minimum absolute atomic E-state index is 0.0804. The van der Waals surface area contributed by atoms with Gasteiger partial charge in [0.25, 0.3) is 0 Å². The Labute approximate surface area is 119 Å². The number of carboxylic acid groups (broad SMARTS) is 1. The molecule has 5 heteroatoms. The van der Waals surface area contributed by atoms with E-state index in [0.29, 0.717) is 24.7 Å². The number of carboxylic acids is 1. The molecule has 0 heterocycles.